The van der Waals surface area contributed by atoms with E-state index in [9.17, 15) is 8.78 Å². The van der Waals surface area contributed by atoms with Crippen molar-refractivity contribution in [2.24, 2.45) is 0 Å². The number of benzene rings is 1. The van der Waals surface area contributed by atoms with E-state index in [-0.39, 0.29) is 6.17 Å². The molecule has 1 unspecified atom stereocenters. The topological polar surface area (TPSA) is 27.3 Å². The third kappa shape index (κ3) is 1.86. The maximum atomic E-state index is 13.6. The molecule has 2 heterocycles. The van der Waals surface area contributed by atoms with Crippen molar-refractivity contribution in [1.82, 2.24) is 15.5 Å². The van der Waals surface area contributed by atoms with Gasteiger partial charge in [0.25, 0.3) is 0 Å². The molecule has 1 atom stereocenters. The second-order valence-corrected chi connectivity index (χ2v) is 4.27. The molecule has 0 aliphatic carbocycles. The van der Waals surface area contributed by atoms with Crippen LogP contribution in [-0.2, 0) is 0 Å². The van der Waals surface area contributed by atoms with Crippen molar-refractivity contribution in [2.45, 2.75) is 6.17 Å². The fourth-order valence-electron chi connectivity index (χ4n) is 2.25. The first-order chi connectivity index (χ1) is 8.24. The lowest BCUT2D eigenvalue weighted by Gasteiger charge is -2.30. The summed E-state index contributed by atoms with van der Waals surface area (Å²) in [5.74, 6) is -1.08. The number of nitrogens with zero attached hydrogens (tertiary/aromatic N) is 1. The van der Waals surface area contributed by atoms with Crippen LogP contribution >= 0.6 is 0 Å². The van der Waals surface area contributed by atoms with E-state index in [1.807, 2.05) is 6.20 Å². The van der Waals surface area contributed by atoms with E-state index in [4.69, 9.17) is 0 Å². The van der Waals surface area contributed by atoms with E-state index in [1.165, 1.54) is 12.1 Å². The van der Waals surface area contributed by atoms with Crippen molar-refractivity contribution in [3.63, 3.8) is 0 Å². The zero-order valence-corrected chi connectivity index (χ0v) is 9.21. The first kappa shape index (κ1) is 10.5. The van der Waals surface area contributed by atoms with Gasteiger partial charge in [-0.1, -0.05) is 0 Å². The average Bonchev–Trinajstić information content (AvgIpc) is 2.72. The van der Waals surface area contributed by atoms with E-state index < -0.39 is 11.6 Å². The summed E-state index contributed by atoms with van der Waals surface area (Å²) >= 11 is 0. The number of rotatable bonds is 1. The Hall–Kier alpha value is -1.62. The van der Waals surface area contributed by atoms with Crippen LogP contribution in [0.2, 0.25) is 0 Å². The maximum absolute atomic E-state index is 13.6. The molecule has 3 rings (SSSR count). The fourth-order valence-corrected chi connectivity index (χ4v) is 2.25. The number of halogens is 2. The first-order valence-corrected chi connectivity index (χ1v) is 5.64. The van der Waals surface area contributed by atoms with Crippen molar-refractivity contribution in [3.8, 4) is 0 Å². The summed E-state index contributed by atoms with van der Waals surface area (Å²) in [6.07, 6.45) is 2.07. The Labute approximate surface area is 98.1 Å². The molecule has 2 aliphatic heterocycles. The minimum Gasteiger partial charge on any atom is -0.362 e. The van der Waals surface area contributed by atoms with E-state index in [0.29, 0.717) is 5.56 Å². The predicted molar refractivity (Wildman–Crippen MR) is 60.8 cm³/mol. The molecular weight excluding hydrogens is 224 g/mol. The summed E-state index contributed by atoms with van der Waals surface area (Å²) < 4.78 is 26.5. The largest absolute Gasteiger partial charge is 0.362 e. The van der Waals surface area contributed by atoms with Crippen LogP contribution in [0, 0.1) is 11.6 Å². The SMILES string of the molecule is Fc1ccc(C2=CN3CCNCC3N2)c(F)c1. The van der Waals surface area contributed by atoms with Gasteiger partial charge in [0.05, 0.1) is 5.70 Å². The van der Waals surface area contributed by atoms with Crippen LogP contribution in [0.4, 0.5) is 8.78 Å². The maximum Gasteiger partial charge on any atom is 0.135 e. The third-order valence-corrected chi connectivity index (χ3v) is 3.12. The molecule has 17 heavy (non-hydrogen) atoms. The Balaban J connectivity index is 1.90. The van der Waals surface area contributed by atoms with Crippen molar-refractivity contribution in [2.75, 3.05) is 19.6 Å². The molecule has 1 saturated heterocycles. The van der Waals surface area contributed by atoms with Gasteiger partial charge >= 0.3 is 0 Å². The van der Waals surface area contributed by atoms with Gasteiger partial charge in [0, 0.05) is 37.5 Å². The van der Waals surface area contributed by atoms with Gasteiger partial charge in [-0.15, -0.1) is 0 Å². The molecule has 0 aromatic heterocycles. The Morgan fingerprint density at radius 1 is 1.29 bits per heavy atom. The number of hydrogen-bond acceptors (Lipinski definition) is 3. The number of nitrogens with one attached hydrogen (secondary N) is 2. The van der Waals surface area contributed by atoms with E-state index in [1.54, 1.807) is 0 Å². The summed E-state index contributed by atoms with van der Waals surface area (Å²) in [7, 11) is 0. The highest BCUT2D eigenvalue weighted by Crippen LogP contribution is 2.23. The molecular formula is C12H13F2N3. The smallest absolute Gasteiger partial charge is 0.135 e. The lowest BCUT2D eigenvalue weighted by atomic mass is 10.1. The van der Waals surface area contributed by atoms with Crippen molar-refractivity contribution < 1.29 is 8.78 Å². The molecule has 0 spiro atoms. The monoisotopic (exact) mass is 237 g/mol. The minimum absolute atomic E-state index is 0.170. The van der Waals surface area contributed by atoms with E-state index in [2.05, 4.69) is 15.5 Å². The number of hydrogen-bond donors (Lipinski definition) is 2. The van der Waals surface area contributed by atoms with Gasteiger partial charge < -0.3 is 15.5 Å². The highest BCUT2D eigenvalue weighted by Gasteiger charge is 2.27. The van der Waals surface area contributed by atoms with Gasteiger partial charge in [0.2, 0.25) is 0 Å². The molecule has 3 nitrogen and oxygen atoms in total. The lowest BCUT2D eigenvalue weighted by molar-refractivity contribution is 0.232. The van der Waals surface area contributed by atoms with Crippen LogP contribution in [0.5, 0.6) is 0 Å². The molecule has 1 aromatic carbocycles. The van der Waals surface area contributed by atoms with Gasteiger partial charge in [-0.05, 0) is 12.1 Å². The first-order valence-electron chi connectivity index (χ1n) is 5.64. The van der Waals surface area contributed by atoms with Crippen LogP contribution in [-0.4, -0.2) is 30.7 Å². The number of piperazine rings is 1. The molecule has 0 bridgehead atoms. The molecule has 1 fully saturated rings. The second kappa shape index (κ2) is 4.00. The highest BCUT2D eigenvalue weighted by atomic mass is 19.1. The quantitative estimate of drug-likeness (QED) is 0.766. The minimum atomic E-state index is -0.552. The Kier molecular flexibility index (Phi) is 2.48. The highest BCUT2D eigenvalue weighted by molar-refractivity contribution is 5.66. The molecule has 0 amide bonds. The normalized spacial score (nSPS) is 23.1. The summed E-state index contributed by atoms with van der Waals surface area (Å²) in [5, 5.41) is 6.49. The average molecular weight is 237 g/mol. The lowest BCUT2D eigenvalue weighted by Crippen LogP contribution is -2.51. The number of fused-ring (bicyclic) bond motifs is 1. The van der Waals surface area contributed by atoms with Crippen LogP contribution in [0.1, 0.15) is 5.56 Å². The zero-order valence-electron chi connectivity index (χ0n) is 9.21. The summed E-state index contributed by atoms with van der Waals surface area (Å²) in [4.78, 5) is 2.13. The van der Waals surface area contributed by atoms with Gasteiger partial charge in [-0.3, -0.25) is 0 Å². The Morgan fingerprint density at radius 2 is 2.18 bits per heavy atom. The van der Waals surface area contributed by atoms with Gasteiger partial charge in [-0.2, -0.15) is 0 Å². The molecule has 0 saturated carbocycles. The third-order valence-electron chi connectivity index (χ3n) is 3.12. The molecule has 90 valence electrons. The summed E-state index contributed by atoms with van der Waals surface area (Å²) in [6.45, 7) is 2.64. The molecule has 5 heteroatoms. The van der Waals surface area contributed by atoms with Crippen molar-refractivity contribution in [3.05, 3.63) is 41.6 Å². The molecule has 0 radical (unpaired) electrons. The molecule has 1 aromatic rings. The fraction of sp³-hybridized carbons (Fsp3) is 0.333. The van der Waals surface area contributed by atoms with Crippen LogP contribution < -0.4 is 10.6 Å². The standard InChI is InChI=1S/C12H13F2N3/c13-8-1-2-9(10(14)5-8)11-7-17-4-3-15-6-12(17)16-11/h1-2,5,7,12,15-16H,3-4,6H2. The Bertz CT molecular complexity index is 473. The second-order valence-electron chi connectivity index (χ2n) is 4.27. The summed E-state index contributed by atoms with van der Waals surface area (Å²) in [6, 6.07) is 3.65. The summed E-state index contributed by atoms with van der Waals surface area (Å²) in [5.41, 5.74) is 1.14. The van der Waals surface area contributed by atoms with Gasteiger partial charge in [0.15, 0.2) is 0 Å². The van der Waals surface area contributed by atoms with Crippen LogP contribution in [0.25, 0.3) is 5.70 Å². The Morgan fingerprint density at radius 3 is 2.94 bits per heavy atom. The predicted octanol–water partition coefficient (Wildman–Crippen LogP) is 1.10. The van der Waals surface area contributed by atoms with Gasteiger partial charge in [0.1, 0.15) is 17.8 Å². The van der Waals surface area contributed by atoms with Crippen molar-refractivity contribution in [1.29, 1.82) is 0 Å². The van der Waals surface area contributed by atoms with Crippen molar-refractivity contribution >= 4 is 5.70 Å². The molecule has 2 aliphatic rings. The van der Waals surface area contributed by atoms with Crippen LogP contribution in [0.15, 0.2) is 24.4 Å². The van der Waals surface area contributed by atoms with Gasteiger partial charge in [-0.25, -0.2) is 8.78 Å². The molecule has 2 N–H and O–H groups in total. The van der Waals surface area contributed by atoms with E-state index >= 15 is 0 Å². The zero-order chi connectivity index (χ0) is 11.8. The van der Waals surface area contributed by atoms with E-state index in [0.717, 1.165) is 31.4 Å². The van der Waals surface area contributed by atoms with Crippen LogP contribution in [0.3, 0.4) is 0 Å².